The van der Waals surface area contributed by atoms with E-state index in [9.17, 15) is 10.5 Å². The first kappa shape index (κ1) is 19.1. The molecule has 1 saturated heterocycles. The third-order valence-corrected chi connectivity index (χ3v) is 4.65. The molecule has 0 spiro atoms. The van der Waals surface area contributed by atoms with Crippen molar-refractivity contribution in [1.82, 2.24) is 19.9 Å². The maximum atomic E-state index is 9.55. The fourth-order valence-electron chi connectivity index (χ4n) is 3.15. The van der Waals surface area contributed by atoms with E-state index >= 15 is 0 Å². The highest BCUT2D eigenvalue weighted by atomic mass is 16.5. The van der Waals surface area contributed by atoms with Crippen LogP contribution in [0.5, 0.6) is 0 Å². The number of ether oxygens (including phenoxy) is 1. The number of hydrogen-bond acceptors (Lipinski definition) is 10. The van der Waals surface area contributed by atoms with Gasteiger partial charge < -0.3 is 21.1 Å². The molecule has 4 rings (SSSR count). The number of nitrogens with zero attached hydrogens (tertiary/aromatic N) is 7. The highest BCUT2D eigenvalue weighted by molar-refractivity contribution is 5.76. The zero-order valence-electron chi connectivity index (χ0n) is 15.9. The van der Waals surface area contributed by atoms with Crippen molar-refractivity contribution in [3.05, 3.63) is 41.7 Å². The third-order valence-electron chi connectivity index (χ3n) is 4.65. The molecule has 3 aromatic rings. The first-order valence-corrected chi connectivity index (χ1v) is 9.13. The number of hydrogen-bond donors (Lipinski definition) is 2. The molecule has 0 unspecified atom stereocenters. The van der Waals surface area contributed by atoms with Crippen LogP contribution in [-0.2, 0) is 4.74 Å². The van der Waals surface area contributed by atoms with Crippen LogP contribution in [0.1, 0.15) is 11.1 Å². The SMILES string of the molecule is N#Cc1cc(N)ncc1-c1cc(-c2cnc(N)cc2C#N)nc(N2CCOCC2)n1. The van der Waals surface area contributed by atoms with E-state index in [-0.39, 0.29) is 11.6 Å². The summed E-state index contributed by atoms with van der Waals surface area (Å²) < 4.78 is 5.42. The highest BCUT2D eigenvalue weighted by Crippen LogP contribution is 2.30. The number of anilines is 3. The molecule has 1 aliphatic rings. The molecule has 1 fully saturated rings. The molecule has 10 heteroatoms. The summed E-state index contributed by atoms with van der Waals surface area (Å²) in [5.74, 6) is 0.951. The summed E-state index contributed by atoms with van der Waals surface area (Å²) in [6.45, 7) is 2.36. The smallest absolute Gasteiger partial charge is 0.226 e. The Bertz CT molecular complexity index is 1110. The van der Waals surface area contributed by atoms with Crippen molar-refractivity contribution < 1.29 is 4.74 Å². The summed E-state index contributed by atoms with van der Waals surface area (Å²) in [6, 6.07) is 8.95. The standard InChI is InChI=1S/C20H17N9O/c21-8-12-5-18(23)25-10-14(12)16-7-17(15-11-26-19(24)6-13(15)9-22)28-20(27-16)29-1-3-30-4-2-29/h5-7,10-11H,1-4H2,(H2,23,25)(H2,24,26). The molecule has 148 valence electrons. The second-order valence-corrected chi connectivity index (χ2v) is 6.57. The molecular formula is C20H17N9O. The minimum Gasteiger partial charge on any atom is -0.384 e. The van der Waals surface area contributed by atoms with Crippen LogP contribution in [0.15, 0.2) is 30.6 Å². The van der Waals surface area contributed by atoms with Gasteiger partial charge in [-0.1, -0.05) is 0 Å². The number of nitrogen functional groups attached to an aromatic ring is 2. The van der Waals surface area contributed by atoms with Crippen molar-refractivity contribution in [1.29, 1.82) is 10.5 Å². The van der Waals surface area contributed by atoms with Gasteiger partial charge in [0.1, 0.15) is 23.8 Å². The molecule has 4 N–H and O–H groups in total. The van der Waals surface area contributed by atoms with E-state index in [0.717, 1.165) is 0 Å². The fraction of sp³-hybridized carbons (Fsp3) is 0.200. The number of nitrogens with two attached hydrogens (primary N) is 2. The number of nitriles is 2. The van der Waals surface area contributed by atoms with E-state index in [1.54, 1.807) is 6.07 Å². The number of aromatic nitrogens is 4. The molecule has 0 aliphatic carbocycles. The summed E-state index contributed by atoms with van der Waals surface area (Å²) in [5.41, 5.74) is 14.2. The van der Waals surface area contributed by atoms with Crippen LogP contribution in [0, 0.1) is 22.7 Å². The van der Waals surface area contributed by atoms with Gasteiger partial charge in [-0.25, -0.2) is 19.9 Å². The Labute approximate surface area is 172 Å². The maximum Gasteiger partial charge on any atom is 0.226 e. The Morgan fingerprint density at radius 1 is 0.833 bits per heavy atom. The second kappa shape index (κ2) is 7.99. The molecule has 0 amide bonds. The van der Waals surface area contributed by atoms with Gasteiger partial charge in [-0.3, -0.25) is 0 Å². The average Bonchev–Trinajstić information content (AvgIpc) is 2.79. The van der Waals surface area contributed by atoms with Gasteiger partial charge in [0.25, 0.3) is 0 Å². The van der Waals surface area contributed by atoms with Crippen LogP contribution in [-0.4, -0.2) is 46.2 Å². The number of rotatable bonds is 3. The predicted octanol–water partition coefficient (Wildman–Crippen LogP) is 1.34. The van der Waals surface area contributed by atoms with Crippen molar-refractivity contribution in [3.63, 3.8) is 0 Å². The molecule has 0 radical (unpaired) electrons. The second-order valence-electron chi connectivity index (χ2n) is 6.57. The Hall–Kier alpha value is -4.28. The normalized spacial score (nSPS) is 13.5. The van der Waals surface area contributed by atoms with Gasteiger partial charge in [0.05, 0.1) is 35.7 Å². The summed E-state index contributed by atoms with van der Waals surface area (Å²) in [6.07, 6.45) is 3.02. The summed E-state index contributed by atoms with van der Waals surface area (Å²) >= 11 is 0. The summed E-state index contributed by atoms with van der Waals surface area (Å²) in [7, 11) is 0. The molecule has 0 saturated carbocycles. The Morgan fingerprint density at radius 2 is 1.33 bits per heavy atom. The largest absolute Gasteiger partial charge is 0.384 e. The van der Waals surface area contributed by atoms with Gasteiger partial charge >= 0.3 is 0 Å². The van der Waals surface area contributed by atoms with Crippen molar-refractivity contribution >= 4 is 17.6 Å². The zero-order chi connectivity index (χ0) is 21.1. The van der Waals surface area contributed by atoms with Gasteiger partial charge in [0.2, 0.25) is 5.95 Å². The summed E-state index contributed by atoms with van der Waals surface area (Å²) in [5, 5.41) is 19.1. The van der Waals surface area contributed by atoms with Crippen molar-refractivity contribution in [2.75, 3.05) is 42.7 Å². The average molecular weight is 399 g/mol. The minimum atomic E-state index is 0.243. The first-order valence-electron chi connectivity index (χ1n) is 9.13. The van der Waals surface area contributed by atoms with Crippen molar-refractivity contribution in [3.8, 4) is 34.7 Å². The van der Waals surface area contributed by atoms with Gasteiger partial charge in [0, 0.05) is 36.6 Å². The number of morpholine rings is 1. The molecule has 0 aromatic carbocycles. The lowest BCUT2D eigenvalue weighted by Crippen LogP contribution is -2.37. The van der Waals surface area contributed by atoms with E-state index in [0.29, 0.717) is 65.9 Å². The van der Waals surface area contributed by atoms with E-state index in [1.165, 1.54) is 24.5 Å². The molecule has 10 nitrogen and oxygen atoms in total. The Morgan fingerprint density at radius 3 is 1.80 bits per heavy atom. The third kappa shape index (κ3) is 3.68. The summed E-state index contributed by atoms with van der Waals surface area (Å²) in [4.78, 5) is 19.5. The van der Waals surface area contributed by atoms with E-state index in [2.05, 4.69) is 32.1 Å². The van der Waals surface area contributed by atoms with E-state index in [1.807, 2.05) is 4.90 Å². The van der Waals surface area contributed by atoms with Gasteiger partial charge in [-0.15, -0.1) is 0 Å². The zero-order valence-corrected chi connectivity index (χ0v) is 15.9. The molecule has 3 aromatic heterocycles. The molecular weight excluding hydrogens is 382 g/mol. The molecule has 1 aliphatic heterocycles. The lowest BCUT2D eigenvalue weighted by molar-refractivity contribution is 0.122. The van der Waals surface area contributed by atoms with E-state index in [4.69, 9.17) is 16.2 Å². The van der Waals surface area contributed by atoms with Crippen LogP contribution in [0.2, 0.25) is 0 Å². The van der Waals surface area contributed by atoms with Crippen molar-refractivity contribution in [2.24, 2.45) is 0 Å². The molecule has 30 heavy (non-hydrogen) atoms. The highest BCUT2D eigenvalue weighted by Gasteiger charge is 2.20. The lowest BCUT2D eigenvalue weighted by Gasteiger charge is -2.27. The fourth-order valence-corrected chi connectivity index (χ4v) is 3.15. The van der Waals surface area contributed by atoms with Crippen LogP contribution in [0.4, 0.5) is 17.6 Å². The maximum absolute atomic E-state index is 9.55. The quantitative estimate of drug-likeness (QED) is 0.656. The minimum absolute atomic E-state index is 0.243. The van der Waals surface area contributed by atoms with Gasteiger partial charge in [-0.2, -0.15) is 10.5 Å². The van der Waals surface area contributed by atoms with Crippen LogP contribution < -0.4 is 16.4 Å². The molecule has 0 bridgehead atoms. The molecule has 4 heterocycles. The van der Waals surface area contributed by atoms with Crippen molar-refractivity contribution in [2.45, 2.75) is 0 Å². The van der Waals surface area contributed by atoms with Gasteiger partial charge in [0.15, 0.2) is 0 Å². The molecule has 0 atom stereocenters. The Kier molecular flexibility index (Phi) is 5.08. The van der Waals surface area contributed by atoms with Crippen LogP contribution in [0.3, 0.4) is 0 Å². The topological polar surface area (TPSA) is 164 Å². The van der Waals surface area contributed by atoms with Crippen LogP contribution in [0.25, 0.3) is 22.5 Å². The first-order chi connectivity index (χ1) is 14.6. The predicted molar refractivity (Wildman–Crippen MR) is 110 cm³/mol. The number of pyridine rings is 2. The monoisotopic (exact) mass is 399 g/mol. The van der Waals surface area contributed by atoms with E-state index < -0.39 is 0 Å². The lowest BCUT2D eigenvalue weighted by atomic mass is 10.0. The Balaban J connectivity index is 1.92. The van der Waals surface area contributed by atoms with Crippen LogP contribution >= 0.6 is 0 Å². The van der Waals surface area contributed by atoms with Gasteiger partial charge in [-0.05, 0) is 18.2 Å².